The third-order valence-corrected chi connectivity index (χ3v) is 3.52. The number of carbonyl (C=O) groups excluding carboxylic acids is 1. The van der Waals surface area contributed by atoms with E-state index in [0.717, 1.165) is 7.11 Å². The van der Waals surface area contributed by atoms with Gasteiger partial charge in [0.15, 0.2) is 0 Å². The van der Waals surface area contributed by atoms with Gasteiger partial charge in [-0.25, -0.2) is 0 Å². The summed E-state index contributed by atoms with van der Waals surface area (Å²) >= 11 is 0. The first-order valence-corrected chi connectivity index (χ1v) is 4.43. The van der Waals surface area contributed by atoms with Gasteiger partial charge in [-0.3, -0.25) is 4.79 Å². The molecule has 0 saturated heterocycles. The van der Waals surface area contributed by atoms with E-state index in [0.29, 0.717) is 0 Å². The highest BCUT2D eigenvalue weighted by Gasteiger charge is 2.81. The summed E-state index contributed by atoms with van der Waals surface area (Å²) in [5, 5.41) is 0. The van der Waals surface area contributed by atoms with Gasteiger partial charge in [-0.05, 0) is 19.3 Å². The van der Waals surface area contributed by atoms with Gasteiger partial charge >= 0.3 is 12.1 Å². The number of hydrogen-bond acceptors (Lipinski definition) is 3. The summed E-state index contributed by atoms with van der Waals surface area (Å²) in [6.45, 7) is 0. The Morgan fingerprint density at radius 3 is 2.14 bits per heavy atom. The monoisotopic (exact) mass is 206 g/mol. The van der Waals surface area contributed by atoms with Gasteiger partial charge in [-0.15, -0.1) is 0 Å². The Kier molecular flexibility index (Phi) is 1.72. The van der Waals surface area contributed by atoms with E-state index in [1.54, 1.807) is 0 Å². The van der Waals surface area contributed by atoms with Crippen LogP contribution in [0, 0.1) is 10.8 Å². The largest absolute Gasteiger partial charge is 0.469 e. The lowest BCUT2D eigenvalue weighted by Gasteiger charge is -2.69. The van der Waals surface area contributed by atoms with Gasteiger partial charge in [0.1, 0.15) is 0 Å². The van der Waals surface area contributed by atoms with Gasteiger partial charge in [0.05, 0.1) is 17.9 Å². The quantitative estimate of drug-likeness (QED) is 0.657. The molecule has 3 saturated carbocycles. The van der Waals surface area contributed by atoms with Crippen LogP contribution >= 0.6 is 0 Å². The summed E-state index contributed by atoms with van der Waals surface area (Å²) < 4.78 is 35.1. The zero-order valence-corrected chi connectivity index (χ0v) is 8.10. The fourth-order valence-electron chi connectivity index (χ4n) is 2.75. The van der Waals surface area contributed by atoms with Crippen molar-refractivity contribution in [2.24, 2.45) is 10.8 Å². The molecule has 80 valence electrons. The fourth-order valence-corrected chi connectivity index (χ4v) is 2.75. The van der Waals surface area contributed by atoms with Crippen molar-refractivity contribution in [3.05, 3.63) is 0 Å². The van der Waals surface area contributed by atoms with Crippen molar-refractivity contribution < 1.29 is 23.0 Å². The second-order valence-corrected chi connectivity index (χ2v) is 4.30. The molecule has 0 heterocycles. The molecule has 0 atom stereocenters. The molecule has 3 aliphatic rings. The molecule has 0 aliphatic heterocycles. The molecular formula is C9H12F2O3. The molecule has 2 bridgehead atoms. The van der Waals surface area contributed by atoms with E-state index in [4.69, 9.17) is 0 Å². The van der Waals surface area contributed by atoms with Crippen LogP contribution in [0.5, 0.6) is 0 Å². The average Bonchev–Trinajstić information content (AvgIpc) is 1.98. The van der Waals surface area contributed by atoms with Crippen LogP contribution in [0.1, 0.15) is 19.3 Å². The first-order valence-electron chi connectivity index (χ1n) is 4.43. The summed E-state index contributed by atoms with van der Waals surface area (Å²) in [5.74, 6) is -0.369. The molecule has 0 unspecified atom stereocenters. The molecule has 0 aromatic rings. The Morgan fingerprint density at radius 1 is 1.29 bits per heavy atom. The maximum absolute atomic E-state index is 13.2. The van der Waals surface area contributed by atoms with Gasteiger partial charge < -0.3 is 9.47 Å². The molecule has 3 nitrogen and oxygen atoms in total. The van der Waals surface area contributed by atoms with Crippen molar-refractivity contribution in [2.45, 2.75) is 25.4 Å². The molecule has 14 heavy (non-hydrogen) atoms. The van der Waals surface area contributed by atoms with Crippen molar-refractivity contribution in [1.29, 1.82) is 0 Å². The molecule has 5 heteroatoms. The second kappa shape index (κ2) is 2.45. The minimum absolute atomic E-state index is 0.188. The fraction of sp³-hybridized carbons (Fsp3) is 0.889. The third-order valence-electron chi connectivity index (χ3n) is 3.52. The number of esters is 1. The Balaban J connectivity index is 2.04. The van der Waals surface area contributed by atoms with Crippen LogP contribution in [0.25, 0.3) is 0 Å². The molecule has 0 spiro atoms. The van der Waals surface area contributed by atoms with E-state index in [1.165, 1.54) is 7.11 Å². The van der Waals surface area contributed by atoms with Crippen LogP contribution in [0.2, 0.25) is 0 Å². The normalized spacial score (nSPS) is 39.7. The van der Waals surface area contributed by atoms with E-state index in [1.807, 2.05) is 0 Å². The lowest BCUT2D eigenvalue weighted by Crippen LogP contribution is -2.72. The van der Waals surface area contributed by atoms with Crippen molar-refractivity contribution in [2.75, 3.05) is 14.2 Å². The first-order chi connectivity index (χ1) is 6.41. The Hall–Kier alpha value is -0.710. The van der Waals surface area contributed by atoms with E-state index >= 15 is 0 Å². The highest BCUT2D eigenvalue weighted by Crippen LogP contribution is 2.78. The molecule has 0 N–H and O–H groups in total. The van der Waals surface area contributed by atoms with E-state index in [9.17, 15) is 13.6 Å². The number of hydrogen-bond donors (Lipinski definition) is 0. The van der Waals surface area contributed by atoms with Crippen LogP contribution in [0.15, 0.2) is 0 Å². The minimum Gasteiger partial charge on any atom is -0.469 e. The van der Waals surface area contributed by atoms with Crippen molar-refractivity contribution >= 4 is 5.97 Å². The molecule has 3 aliphatic carbocycles. The van der Waals surface area contributed by atoms with Crippen LogP contribution < -0.4 is 0 Å². The number of rotatable bonds is 3. The highest BCUT2D eigenvalue weighted by atomic mass is 19.3. The van der Waals surface area contributed by atoms with Gasteiger partial charge in [0.25, 0.3) is 0 Å². The number of carbonyl (C=O) groups is 1. The zero-order chi connectivity index (χ0) is 10.6. The molecule has 0 radical (unpaired) electrons. The number of ether oxygens (including phenoxy) is 2. The van der Waals surface area contributed by atoms with Gasteiger partial charge in [0, 0.05) is 7.11 Å². The molecule has 0 aromatic heterocycles. The smallest absolute Gasteiger partial charge is 0.361 e. The molecular weight excluding hydrogens is 194 g/mol. The third kappa shape index (κ3) is 0.860. The Bertz CT molecular complexity index is 268. The molecule has 3 rings (SSSR count). The highest BCUT2D eigenvalue weighted by molar-refractivity contribution is 5.81. The minimum atomic E-state index is -3.11. The summed E-state index contributed by atoms with van der Waals surface area (Å²) in [4.78, 5) is 11.2. The lowest BCUT2D eigenvalue weighted by molar-refractivity contribution is -0.393. The van der Waals surface area contributed by atoms with E-state index in [2.05, 4.69) is 9.47 Å². The molecule has 0 aromatic carbocycles. The van der Waals surface area contributed by atoms with Gasteiger partial charge in [-0.1, -0.05) is 0 Å². The number of halogens is 2. The van der Waals surface area contributed by atoms with Crippen molar-refractivity contribution in [1.82, 2.24) is 0 Å². The predicted octanol–water partition coefficient (Wildman–Crippen LogP) is 1.57. The predicted molar refractivity (Wildman–Crippen MR) is 42.7 cm³/mol. The van der Waals surface area contributed by atoms with Crippen molar-refractivity contribution in [3.63, 3.8) is 0 Å². The van der Waals surface area contributed by atoms with Crippen LogP contribution in [-0.2, 0) is 14.3 Å². The Labute approximate surface area is 80.4 Å². The van der Waals surface area contributed by atoms with Crippen LogP contribution in [0.4, 0.5) is 8.78 Å². The summed E-state index contributed by atoms with van der Waals surface area (Å²) in [5.41, 5.74) is -1.73. The topological polar surface area (TPSA) is 35.5 Å². The lowest BCUT2D eigenvalue weighted by atomic mass is 9.34. The van der Waals surface area contributed by atoms with E-state index in [-0.39, 0.29) is 25.2 Å². The molecule has 3 fully saturated rings. The van der Waals surface area contributed by atoms with Crippen LogP contribution in [-0.4, -0.2) is 26.3 Å². The average molecular weight is 206 g/mol. The Morgan fingerprint density at radius 2 is 1.79 bits per heavy atom. The maximum atomic E-state index is 13.2. The van der Waals surface area contributed by atoms with Gasteiger partial charge in [-0.2, -0.15) is 8.78 Å². The van der Waals surface area contributed by atoms with Gasteiger partial charge in [0.2, 0.25) is 0 Å². The number of alkyl halides is 2. The maximum Gasteiger partial charge on any atom is 0.361 e. The number of methoxy groups -OCH3 is 2. The standard InChI is InChI=1S/C9H12F2O3/c1-13-6(12)7-3-8(4-7,5-7)9(10,11)14-2/h3-5H2,1-2H3. The molecule has 0 amide bonds. The zero-order valence-electron chi connectivity index (χ0n) is 8.10. The summed E-state index contributed by atoms with van der Waals surface area (Å²) in [6, 6.07) is 0. The first kappa shape index (κ1) is 9.83. The van der Waals surface area contributed by atoms with Crippen molar-refractivity contribution in [3.8, 4) is 0 Å². The summed E-state index contributed by atoms with van der Waals surface area (Å²) in [7, 11) is 2.27. The van der Waals surface area contributed by atoms with Crippen LogP contribution in [0.3, 0.4) is 0 Å². The second-order valence-electron chi connectivity index (χ2n) is 4.30. The SMILES string of the molecule is COC(=O)C12CC(C(F)(F)OC)(C1)C2. The van der Waals surface area contributed by atoms with E-state index < -0.39 is 16.9 Å². The summed E-state index contributed by atoms with van der Waals surface area (Å²) in [6.07, 6.45) is -2.54.